The Bertz CT molecular complexity index is 767. The van der Waals surface area contributed by atoms with E-state index in [-0.39, 0.29) is 11.4 Å². The molecule has 0 radical (unpaired) electrons. The van der Waals surface area contributed by atoms with Gasteiger partial charge in [0.15, 0.2) is 0 Å². The highest BCUT2D eigenvalue weighted by atomic mass is 16.6. The average Bonchev–Trinajstić information content (AvgIpc) is 2.54. The second-order valence-electron chi connectivity index (χ2n) is 4.48. The average molecular weight is 313 g/mol. The summed E-state index contributed by atoms with van der Waals surface area (Å²) in [4.78, 5) is 31.8. The lowest BCUT2D eigenvalue weighted by Gasteiger charge is -2.01. The SMILES string of the molecule is O=C(/C=C/c1ccc([N+](=O)[O-])cc1)Nc1ccc([N+](=O)[O-])cc1. The Morgan fingerprint density at radius 1 is 0.870 bits per heavy atom. The van der Waals surface area contributed by atoms with Gasteiger partial charge in [-0.2, -0.15) is 0 Å². The van der Waals surface area contributed by atoms with Crippen LogP contribution in [0.2, 0.25) is 0 Å². The van der Waals surface area contributed by atoms with Crippen LogP contribution in [0.4, 0.5) is 17.1 Å². The molecule has 0 atom stereocenters. The molecule has 0 aliphatic carbocycles. The predicted octanol–water partition coefficient (Wildman–Crippen LogP) is 3.15. The van der Waals surface area contributed by atoms with Crippen LogP contribution in [0.25, 0.3) is 6.08 Å². The molecule has 1 N–H and O–H groups in total. The topological polar surface area (TPSA) is 115 Å². The van der Waals surface area contributed by atoms with Crippen molar-refractivity contribution in [1.29, 1.82) is 0 Å². The largest absolute Gasteiger partial charge is 0.323 e. The molecular formula is C15H11N3O5. The molecule has 2 aromatic rings. The van der Waals surface area contributed by atoms with Gasteiger partial charge < -0.3 is 5.32 Å². The van der Waals surface area contributed by atoms with Gasteiger partial charge in [0.2, 0.25) is 5.91 Å². The third-order valence-corrected chi connectivity index (χ3v) is 2.88. The summed E-state index contributed by atoms with van der Waals surface area (Å²) in [5, 5.41) is 23.6. The number of carbonyl (C=O) groups is 1. The standard InChI is InChI=1S/C15H11N3O5/c19-15(16-12-4-8-14(9-5-12)18(22)23)10-3-11-1-6-13(7-2-11)17(20)21/h1-10H,(H,16,19)/b10-3+. The van der Waals surface area contributed by atoms with Gasteiger partial charge in [-0.25, -0.2) is 0 Å². The number of rotatable bonds is 5. The number of amides is 1. The lowest BCUT2D eigenvalue weighted by Crippen LogP contribution is -2.07. The summed E-state index contributed by atoms with van der Waals surface area (Å²) >= 11 is 0. The molecule has 0 fully saturated rings. The van der Waals surface area contributed by atoms with Crippen molar-refractivity contribution in [3.8, 4) is 0 Å². The number of nitrogens with zero attached hydrogens (tertiary/aromatic N) is 2. The molecule has 0 spiro atoms. The van der Waals surface area contributed by atoms with Gasteiger partial charge in [0.05, 0.1) is 9.85 Å². The van der Waals surface area contributed by atoms with Crippen LogP contribution in [0.15, 0.2) is 54.6 Å². The van der Waals surface area contributed by atoms with Crippen LogP contribution in [-0.2, 0) is 4.79 Å². The molecule has 0 heterocycles. The summed E-state index contributed by atoms with van der Waals surface area (Å²) in [6.07, 6.45) is 2.77. The van der Waals surface area contributed by atoms with Crippen molar-refractivity contribution < 1.29 is 14.6 Å². The van der Waals surface area contributed by atoms with Crippen molar-refractivity contribution in [3.63, 3.8) is 0 Å². The third kappa shape index (κ3) is 4.46. The molecule has 0 aromatic heterocycles. The number of non-ortho nitro benzene ring substituents is 2. The Hall–Kier alpha value is -3.55. The summed E-state index contributed by atoms with van der Waals surface area (Å²) in [5.41, 5.74) is 0.963. The molecule has 2 aromatic carbocycles. The Morgan fingerprint density at radius 2 is 1.35 bits per heavy atom. The van der Waals surface area contributed by atoms with Crippen LogP contribution < -0.4 is 5.32 Å². The molecule has 0 unspecified atom stereocenters. The first kappa shape index (κ1) is 15.8. The lowest BCUT2D eigenvalue weighted by atomic mass is 10.2. The van der Waals surface area contributed by atoms with Crippen molar-refractivity contribution in [3.05, 3.63) is 80.4 Å². The van der Waals surface area contributed by atoms with Crippen LogP contribution in [0.1, 0.15) is 5.56 Å². The second-order valence-corrected chi connectivity index (χ2v) is 4.48. The summed E-state index contributed by atoms with van der Waals surface area (Å²) in [7, 11) is 0. The van der Waals surface area contributed by atoms with Crippen molar-refractivity contribution in [1.82, 2.24) is 0 Å². The fourth-order valence-electron chi connectivity index (χ4n) is 1.73. The summed E-state index contributed by atoms with van der Waals surface area (Å²) in [6.45, 7) is 0. The van der Waals surface area contributed by atoms with Gasteiger partial charge in [0, 0.05) is 36.0 Å². The number of nitrogens with one attached hydrogen (secondary N) is 1. The fraction of sp³-hybridized carbons (Fsp3) is 0. The van der Waals surface area contributed by atoms with Crippen molar-refractivity contribution in [2.45, 2.75) is 0 Å². The zero-order valence-electron chi connectivity index (χ0n) is 11.7. The molecule has 0 aliphatic heterocycles. The fourth-order valence-corrected chi connectivity index (χ4v) is 1.73. The van der Waals surface area contributed by atoms with E-state index < -0.39 is 15.8 Å². The lowest BCUT2D eigenvalue weighted by molar-refractivity contribution is -0.385. The number of hydrogen-bond acceptors (Lipinski definition) is 5. The van der Waals surface area contributed by atoms with Crippen LogP contribution in [0.3, 0.4) is 0 Å². The minimum Gasteiger partial charge on any atom is -0.323 e. The van der Waals surface area contributed by atoms with Crippen molar-refractivity contribution >= 4 is 29.0 Å². The number of nitro benzene ring substituents is 2. The van der Waals surface area contributed by atoms with Crippen molar-refractivity contribution in [2.75, 3.05) is 5.32 Å². The molecule has 8 nitrogen and oxygen atoms in total. The van der Waals surface area contributed by atoms with Gasteiger partial charge in [0.1, 0.15) is 0 Å². The zero-order valence-corrected chi connectivity index (χ0v) is 11.7. The number of carbonyl (C=O) groups excluding carboxylic acids is 1. The molecule has 0 saturated heterocycles. The highest BCUT2D eigenvalue weighted by Crippen LogP contribution is 2.16. The van der Waals surface area contributed by atoms with Crippen molar-refractivity contribution in [2.24, 2.45) is 0 Å². The maximum absolute atomic E-state index is 11.7. The predicted molar refractivity (Wildman–Crippen MR) is 83.9 cm³/mol. The smallest absolute Gasteiger partial charge is 0.269 e. The molecular weight excluding hydrogens is 302 g/mol. The number of benzene rings is 2. The quantitative estimate of drug-likeness (QED) is 0.517. The summed E-state index contributed by atoms with van der Waals surface area (Å²) in [6, 6.07) is 11.2. The van der Waals surface area contributed by atoms with Crippen LogP contribution in [0.5, 0.6) is 0 Å². The number of anilines is 1. The molecule has 2 rings (SSSR count). The second kappa shape index (κ2) is 6.94. The Balaban J connectivity index is 1.98. The van der Waals surface area contributed by atoms with Gasteiger partial charge in [-0.15, -0.1) is 0 Å². The highest BCUT2D eigenvalue weighted by Gasteiger charge is 2.05. The first-order valence-electron chi connectivity index (χ1n) is 6.44. The minimum absolute atomic E-state index is 0.0301. The molecule has 0 saturated carbocycles. The van der Waals surface area contributed by atoms with Gasteiger partial charge in [-0.05, 0) is 35.9 Å². The van der Waals surface area contributed by atoms with Crippen LogP contribution in [0, 0.1) is 20.2 Å². The molecule has 8 heteroatoms. The van der Waals surface area contributed by atoms with E-state index >= 15 is 0 Å². The maximum Gasteiger partial charge on any atom is 0.269 e. The monoisotopic (exact) mass is 313 g/mol. The van der Waals surface area contributed by atoms with Crippen LogP contribution in [-0.4, -0.2) is 15.8 Å². The molecule has 1 amide bonds. The maximum atomic E-state index is 11.7. The van der Waals surface area contributed by atoms with E-state index in [1.54, 1.807) is 0 Å². The zero-order chi connectivity index (χ0) is 16.8. The summed E-state index contributed by atoms with van der Waals surface area (Å²) in [5.74, 6) is -0.419. The Labute approximate surface area is 130 Å². The molecule has 0 aliphatic rings. The van der Waals surface area contributed by atoms with Gasteiger partial charge in [-0.3, -0.25) is 25.0 Å². The van der Waals surface area contributed by atoms with Crippen LogP contribution >= 0.6 is 0 Å². The van der Waals surface area contributed by atoms with E-state index in [2.05, 4.69) is 5.32 Å². The van der Waals surface area contributed by atoms with E-state index in [1.165, 1.54) is 60.7 Å². The van der Waals surface area contributed by atoms with E-state index in [0.717, 1.165) is 0 Å². The first-order valence-corrected chi connectivity index (χ1v) is 6.44. The van der Waals surface area contributed by atoms with E-state index in [9.17, 15) is 25.0 Å². The normalized spacial score (nSPS) is 10.4. The van der Waals surface area contributed by atoms with E-state index in [0.29, 0.717) is 11.3 Å². The number of hydrogen-bond donors (Lipinski definition) is 1. The van der Waals surface area contributed by atoms with Gasteiger partial charge >= 0.3 is 0 Å². The Kier molecular flexibility index (Phi) is 4.78. The van der Waals surface area contributed by atoms with E-state index in [1.807, 2.05) is 0 Å². The Morgan fingerprint density at radius 3 is 1.83 bits per heavy atom. The molecule has 0 bridgehead atoms. The van der Waals surface area contributed by atoms with E-state index in [4.69, 9.17) is 0 Å². The highest BCUT2D eigenvalue weighted by molar-refractivity contribution is 6.01. The van der Waals surface area contributed by atoms with Gasteiger partial charge in [-0.1, -0.05) is 0 Å². The first-order chi connectivity index (χ1) is 11.0. The molecule has 116 valence electrons. The minimum atomic E-state index is -0.528. The summed E-state index contributed by atoms with van der Waals surface area (Å²) < 4.78 is 0. The molecule has 23 heavy (non-hydrogen) atoms. The third-order valence-electron chi connectivity index (χ3n) is 2.88. The number of nitro groups is 2. The van der Waals surface area contributed by atoms with Gasteiger partial charge in [0.25, 0.3) is 11.4 Å².